The molecule has 0 saturated carbocycles. The van der Waals surface area contributed by atoms with E-state index in [1.54, 1.807) is 12.1 Å². The lowest BCUT2D eigenvalue weighted by molar-refractivity contribution is -0.384. The average Bonchev–Trinajstić information content (AvgIpc) is 2.47. The molecule has 0 bridgehead atoms. The molecule has 1 aliphatic heterocycles. The van der Waals surface area contributed by atoms with Gasteiger partial charge in [0.1, 0.15) is 0 Å². The first kappa shape index (κ1) is 16.4. The SMILES string of the molecule is CC1(C)CCCNC1C(=O)NCCc1ccc([N+](=O)[O-])cc1. The number of non-ortho nitro benzene ring substituents is 1. The van der Waals surface area contributed by atoms with E-state index in [-0.39, 0.29) is 23.1 Å². The number of carbonyl (C=O) groups is 1. The van der Waals surface area contributed by atoms with E-state index in [2.05, 4.69) is 24.5 Å². The Morgan fingerprint density at radius 2 is 2.09 bits per heavy atom. The van der Waals surface area contributed by atoms with Crippen LogP contribution in [0.25, 0.3) is 0 Å². The molecule has 1 fully saturated rings. The molecular weight excluding hydrogens is 282 g/mol. The molecule has 1 heterocycles. The standard InChI is InChI=1S/C16H23N3O3/c1-16(2)9-3-10-17-14(16)15(20)18-11-8-12-4-6-13(7-5-12)19(21)22/h4-7,14,17H,3,8-11H2,1-2H3,(H,18,20). The quantitative estimate of drug-likeness (QED) is 0.644. The van der Waals surface area contributed by atoms with E-state index in [1.165, 1.54) is 12.1 Å². The van der Waals surface area contributed by atoms with Gasteiger partial charge in [0.25, 0.3) is 5.69 Å². The third-order valence-electron chi connectivity index (χ3n) is 4.25. The van der Waals surface area contributed by atoms with Crippen molar-refractivity contribution in [2.45, 2.75) is 39.2 Å². The number of rotatable bonds is 5. The minimum atomic E-state index is -0.414. The molecule has 2 rings (SSSR count). The Labute approximate surface area is 130 Å². The van der Waals surface area contributed by atoms with Crippen LogP contribution in [0.4, 0.5) is 5.69 Å². The smallest absolute Gasteiger partial charge is 0.269 e. The van der Waals surface area contributed by atoms with Crippen LogP contribution in [0.15, 0.2) is 24.3 Å². The van der Waals surface area contributed by atoms with Crippen molar-refractivity contribution in [2.75, 3.05) is 13.1 Å². The molecule has 0 aromatic heterocycles. The van der Waals surface area contributed by atoms with Gasteiger partial charge in [-0.15, -0.1) is 0 Å². The second-order valence-electron chi connectivity index (χ2n) is 6.44. The van der Waals surface area contributed by atoms with Crippen LogP contribution in [0, 0.1) is 15.5 Å². The van der Waals surface area contributed by atoms with Gasteiger partial charge in [0.15, 0.2) is 0 Å². The summed E-state index contributed by atoms with van der Waals surface area (Å²) >= 11 is 0. The number of piperidine rings is 1. The Bertz CT molecular complexity index is 540. The van der Waals surface area contributed by atoms with Gasteiger partial charge in [-0.05, 0) is 36.8 Å². The van der Waals surface area contributed by atoms with Gasteiger partial charge in [-0.1, -0.05) is 26.0 Å². The summed E-state index contributed by atoms with van der Waals surface area (Å²) in [4.78, 5) is 22.5. The number of hydrogen-bond donors (Lipinski definition) is 2. The molecule has 2 N–H and O–H groups in total. The summed E-state index contributed by atoms with van der Waals surface area (Å²) in [6.45, 7) is 5.63. The highest BCUT2D eigenvalue weighted by Crippen LogP contribution is 2.30. The predicted octanol–water partition coefficient (Wildman–Crippen LogP) is 2.03. The average molecular weight is 305 g/mol. The van der Waals surface area contributed by atoms with Gasteiger partial charge in [0, 0.05) is 18.7 Å². The van der Waals surface area contributed by atoms with Gasteiger partial charge >= 0.3 is 0 Å². The van der Waals surface area contributed by atoms with Crippen LogP contribution in [0.1, 0.15) is 32.3 Å². The fraction of sp³-hybridized carbons (Fsp3) is 0.562. The summed E-state index contributed by atoms with van der Waals surface area (Å²) in [5.41, 5.74) is 1.03. The topological polar surface area (TPSA) is 84.3 Å². The number of hydrogen-bond acceptors (Lipinski definition) is 4. The third-order valence-corrected chi connectivity index (χ3v) is 4.25. The summed E-state index contributed by atoms with van der Waals surface area (Å²) in [6.07, 6.45) is 2.80. The summed E-state index contributed by atoms with van der Waals surface area (Å²) in [7, 11) is 0. The van der Waals surface area contributed by atoms with Crippen molar-refractivity contribution >= 4 is 11.6 Å². The van der Waals surface area contributed by atoms with Crippen LogP contribution in [0.5, 0.6) is 0 Å². The highest BCUT2D eigenvalue weighted by atomic mass is 16.6. The maximum absolute atomic E-state index is 12.3. The molecule has 0 radical (unpaired) electrons. The lowest BCUT2D eigenvalue weighted by atomic mass is 9.77. The molecule has 0 spiro atoms. The second-order valence-corrected chi connectivity index (χ2v) is 6.44. The van der Waals surface area contributed by atoms with Crippen molar-refractivity contribution in [1.29, 1.82) is 0 Å². The number of amides is 1. The van der Waals surface area contributed by atoms with Crippen molar-refractivity contribution in [2.24, 2.45) is 5.41 Å². The van der Waals surface area contributed by atoms with Gasteiger partial charge in [-0.25, -0.2) is 0 Å². The first-order valence-corrected chi connectivity index (χ1v) is 7.64. The van der Waals surface area contributed by atoms with Crippen molar-refractivity contribution in [1.82, 2.24) is 10.6 Å². The predicted molar refractivity (Wildman–Crippen MR) is 84.6 cm³/mol. The molecule has 1 aliphatic rings. The second kappa shape index (κ2) is 6.87. The van der Waals surface area contributed by atoms with Crippen molar-refractivity contribution in [3.63, 3.8) is 0 Å². The maximum atomic E-state index is 12.3. The molecule has 0 aliphatic carbocycles. The van der Waals surface area contributed by atoms with E-state index in [4.69, 9.17) is 0 Å². The molecule has 120 valence electrons. The van der Waals surface area contributed by atoms with Gasteiger partial charge in [0.05, 0.1) is 11.0 Å². The number of nitrogens with one attached hydrogen (secondary N) is 2. The number of nitro groups is 1. The van der Waals surface area contributed by atoms with Crippen LogP contribution in [0.2, 0.25) is 0 Å². The Morgan fingerprint density at radius 1 is 1.41 bits per heavy atom. The molecule has 1 atom stereocenters. The van der Waals surface area contributed by atoms with Crippen molar-refractivity contribution in [3.8, 4) is 0 Å². The van der Waals surface area contributed by atoms with Crippen LogP contribution in [0.3, 0.4) is 0 Å². The summed E-state index contributed by atoms with van der Waals surface area (Å²) in [6, 6.07) is 6.28. The summed E-state index contributed by atoms with van der Waals surface area (Å²) in [5.74, 6) is 0.0339. The van der Waals surface area contributed by atoms with Crippen LogP contribution >= 0.6 is 0 Å². The van der Waals surface area contributed by atoms with Crippen molar-refractivity contribution in [3.05, 3.63) is 39.9 Å². The van der Waals surface area contributed by atoms with Gasteiger partial charge in [-0.2, -0.15) is 0 Å². The third kappa shape index (κ3) is 4.04. The molecule has 6 nitrogen and oxygen atoms in total. The largest absolute Gasteiger partial charge is 0.354 e. The molecule has 1 unspecified atom stereocenters. The molecule has 6 heteroatoms. The minimum absolute atomic E-state index is 0.0321. The van der Waals surface area contributed by atoms with E-state index in [9.17, 15) is 14.9 Å². The van der Waals surface area contributed by atoms with Crippen LogP contribution in [-0.4, -0.2) is 30.0 Å². The monoisotopic (exact) mass is 305 g/mol. The highest BCUT2D eigenvalue weighted by Gasteiger charge is 2.36. The lowest BCUT2D eigenvalue weighted by Gasteiger charge is -2.38. The molecular formula is C16H23N3O3. The first-order valence-electron chi connectivity index (χ1n) is 7.64. The summed E-state index contributed by atoms with van der Waals surface area (Å²) < 4.78 is 0. The van der Waals surface area contributed by atoms with E-state index in [0.29, 0.717) is 13.0 Å². The molecule has 1 saturated heterocycles. The zero-order chi connectivity index (χ0) is 16.2. The van der Waals surface area contributed by atoms with Crippen LogP contribution < -0.4 is 10.6 Å². The summed E-state index contributed by atoms with van der Waals surface area (Å²) in [5, 5.41) is 16.8. The van der Waals surface area contributed by atoms with Gasteiger partial charge in [-0.3, -0.25) is 14.9 Å². The van der Waals surface area contributed by atoms with Gasteiger partial charge in [0.2, 0.25) is 5.91 Å². The highest BCUT2D eigenvalue weighted by molar-refractivity contribution is 5.82. The number of carbonyl (C=O) groups excluding carboxylic acids is 1. The molecule has 1 aromatic rings. The Balaban J connectivity index is 1.82. The normalized spacial score (nSPS) is 20.4. The Morgan fingerprint density at radius 3 is 2.68 bits per heavy atom. The van der Waals surface area contributed by atoms with E-state index < -0.39 is 4.92 Å². The number of nitro benzene ring substituents is 1. The number of nitrogens with zero attached hydrogens (tertiary/aromatic N) is 1. The fourth-order valence-corrected chi connectivity index (χ4v) is 2.88. The van der Waals surface area contributed by atoms with E-state index in [1.807, 2.05) is 0 Å². The number of benzene rings is 1. The molecule has 22 heavy (non-hydrogen) atoms. The molecule has 1 aromatic carbocycles. The zero-order valence-electron chi connectivity index (χ0n) is 13.1. The minimum Gasteiger partial charge on any atom is -0.354 e. The zero-order valence-corrected chi connectivity index (χ0v) is 13.1. The van der Waals surface area contributed by atoms with Crippen molar-refractivity contribution < 1.29 is 9.72 Å². The first-order chi connectivity index (χ1) is 10.4. The maximum Gasteiger partial charge on any atom is 0.269 e. The van der Waals surface area contributed by atoms with Gasteiger partial charge < -0.3 is 10.6 Å². The van der Waals surface area contributed by atoms with Crippen LogP contribution in [-0.2, 0) is 11.2 Å². The van der Waals surface area contributed by atoms with E-state index in [0.717, 1.165) is 24.9 Å². The fourth-order valence-electron chi connectivity index (χ4n) is 2.88. The Kier molecular flexibility index (Phi) is 5.13. The Hall–Kier alpha value is -1.95. The lowest BCUT2D eigenvalue weighted by Crippen LogP contribution is -2.55. The molecule has 1 amide bonds. The van der Waals surface area contributed by atoms with E-state index >= 15 is 0 Å².